The number of nitrogens with one attached hydrogen (secondary N) is 2. The van der Waals surface area contributed by atoms with E-state index in [0.29, 0.717) is 24.5 Å². The van der Waals surface area contributed by atoms with Gasteiger partial charge in [0.25, 0.3) is 0 Å². The summed E-state index contributed by atoms with van der Waals surface area (Å²) in [5.41, 5.74) is 1.68. The van der Waals surface area contributed by atoms with Gasteiger partial charge in [0, 0.05) is 29.2 Å². The zero-order valence-electron chi connectivity index (χ0n) is 23.9. The van der Waals surface area contributed by atoms with E-state index in [2.05, 4.69) is 17.6 Å². The number of aliphatic hydroxyl groups is 2. The second kappa shape index (κ2) is 11.9. The number of benzene rings is 2. The van der Waals surface area contributed by atoms with Crippen molar-refractivity contribution in [2.45, 2.75) is 64.5 Å². The van der Waals surface area contributed by atoms with Crippen LogP contribution in [0.15, 0.2) is 54.6 Å². The Bertz CT molecular complexity index is 1380. The Hall–Kier alpha value is -3.27. The molecule has 218 valence electrons. The molecule has 1 heterocycles. The molecule has 5 unspecified atom stereocenters. The highest BCUT2D eigenvalue weighted by atomic mass is 32.1. The largest absolute Gasteiger partial charge is 0.497 e. The van der Waals surface area contributed by atoms with Crippen LogP contribution < -0.4 is 15.4 Å². The van der Waals surface area contributed by atoms with Gasteiger partial charge in [-0.05, 0) is 53.9 Å². The third kappa shape index (κ3) is 5.89. The number of carbonyl (C=O) groups excluding carboxylic acids is 2. The van der Waals surface area contributed by atoms with Gasteiger partial charge < -0.3 is 25.6 Å². The molecule has 2 aliphatic rings. The Morgan fingerprint density at radius 3 is 2.49 bits per heavy atom. The van der Waals surface area contributed by atoms with Crippen LogP contribution in [0.1, 0.15) is 60.7 Å². The third-order valence-corrected chi connectivity index (χ3v) is 10.4. The van der Waals surface area contributed by atoms with Crippen LogP contribution >= 0.6 is 11.3 Å². The number of aromatic nitrogens is 1. The quantitative estimate of drug-likeness (QED) is 0.298. The van der Waals surface area contributed by atoms with Gasteiger partial charge in [0.05, 0.1) is 31.9 Å². The lowest BCUT2D eigenvalue weighted by Gasteiger charge is -2.58. The molecule has 41 heavy (non-hydrogen) atoms. The lowest BCUT2D eigenvalue weighted by atomic mass is 9.47. The van der Waals surface area contributed by atoms with Crippen LogP contribution in [-0.4, -0.2) is 46.8 Å². The lowest BCUT2D eigenvalue weighted by molar-refractivity contribution is -0.144. The summed E-state index contributed by atoms with van der Waals surface area (Å²) in [6, 6.07) is 17.2. The number of ether oxygens (including phenoxy) is 1. The summed E-state index contributed by atoms with van der Waals surface area (Å²) in [4.78, 5) is 32.2. The van der Waals surface area contributed by atoms with Crippen molar-refractivity contribution >= 4 is 28.3 Å². The van der Waals surface area contributed by atoms with Gasteiger partial charge >= 0.3 is 0 Å². The molecule has 2 aliphatic carbocycles. The molecule has 5 rings (SSSR count). The first-order valence-electron chi connectivity index (χ1n) is 14.2. The second-order valence-corrected chi connectivity index (χ2v) is 13.0. The summed E-state index contributed by atoms with van der Waals surface area (Å²) in [7, 11) is 1.60. The molecule has 4 N–H and O–H groups in total. The zero-order chi connectivity index (χ0) is 29.2. The summed E-state index contributed by atoms with van der Waals surface area (Å²) in [6.07, 6.45) is 1.73. The maximum atomic E-state index is 13.3. The molecule has 1 fully saturated rings. The number of thiazole rings is 1. The number of amides is 2. The average molecular weight is 578 g/mol. The number of aliphatic hydroxyl groups excluding tert-OH is 2. The Balaban J connectivity index is 1.40. The van der Waals surface area contributed by atoms with Crippen LogP contribution in [-0.2, 0) is 29.0 Å². The molecule has 1 saturated carbocycles. The van der Waals surface area contributed by atoms with E-state index in [1.165, 1.54) is 11.3 Å². The molecule has 0 saturated heterocycles. The van der Waals surface area contributed by atoms with Gasteiger partial charge in [-0.25, -0.2) is 4.98 Å². The van der Waals surface area contributed by atoms with E-state index < -0.39 is 11.5 Å². The van der Waals surface area contributed by atoms with E-state index in [4.69, 9.17) is 9.72 Å². The van der Waals surface area contributed by atoms with E-state index in [-0.39, 0.29) is 48.5 Å². The van der Waals surface area contributed by atoms with Gasteiger partial charge in [-0.3, -0.25) is 9.59 Å². The van der Waals surface area contributed by atoms with Gasteiger partial charge in [-0.2, -0.15) is 0 Å². The SMILES string of the molecule is COc1ccc(CC(=O)Nc2nc3c(s2)CC2C(C)(CO)C(O)CCC2(C)C3CC(=O)NCc2ccccc2)cc1. The topological polar surface area (TPSA) is 121 Å². The van der Waals surface area contributed by atoms with Crippen molar-refractivity contribution in [2.75, 3.05) is 19.0 Å². The molecule has 5 atom stereocenters. The van der Waals surface area contributed by atoms with Crippen molar-refractivity contribution in [3.8, 4) is 5.75 Å². The molecule has 0 radical (unpaired) electrons. The molecule has 2 aromatic carbocycles. The van der Waals surface area contributed by atoms with Crippen molar-refractivity contribution in [3.63, 3.8) is 0 Å². The van der Waals surface area contributed by atoms with Crippen LogP contribution in [0.25, 0.3) is 0 Å². The summed E-state index contributed by atoms with van der Waals surface area (Å²) < 4.78 is 5.20. The predicted octanol–water partition coefficient (Wildman–Crippen LogP) is 4.45. The fourth-order valence-electron chi connectivity index (χ4n) is 6.85. The van der Waals surface area contributed by atoms with Gasteiger partial charge in [-0.15, -0.1) is 11.3 Å². The summed E-state index contributed by atoms with van der Waals surface area (Å²) >= 11 is 1.43. The number of anilines is 1. The first-order valence-corrected chi connectivity index (χ1v) is 15.0. The van der Waals surface area contributed by atoms with E-state index in [0.717, 1.165) is 33.9 Å². The fraction of sp³-hybridized carbons (Fsp3) is 0.469. The first-order chi connectivity index (χ1) is 19.7. The Labute approximate surface area is 245 Å². The highest BCUT2D eigenvalue weighted by Crippen LogP contribution is 2.62. The smallest absolute Gasteiger partial charge is 0.230 e. The number of methoxy groups -OCH3 is 1. The molecule has 0 spiro atoms. The molecule has 1 aromatic heterocycles. The van der Waals surface area contributed by atoms with Crippen LogP contribution in [0.3, 0.4) is 0 Å². The highest BCUT2D eigenvalue weighted by Gasteiger charge is 2.59. The maximum absolute atomic E-state index is 13.3. The lowest BCUT2D eigenvalue weighted by Crippen LogP contribution is -2.57. The van der Waals surface area contributed by atoms with Crippen molar-refractivity contribution in [1.29, 1.82) is 0 Å². The molecule has 9 heteroatoms. The van der Waals surface area contributed by atoms with Gasteiger partial charge in [0.1, 0.15) is 5.75 Å². The molecule has 0 aliphatic heterocycles. The Kier molecular flexibility index (Phi) is 8.50. The predicted molar refractivity (Wildman–Crippen MR) is 159 cm³/mol. The van der Waals surface area contributed by atoms with Gasteiger partial charge in [0.15, 0.2) is 5.13 Å². The highest BCUT2D eigenvalue weighted by molar-refractivity contribution is 7.15. The Morgan fingerprint density at radius 2 is 1.80 bits per heavy atom. The van der Waals surface area contributed by atoms with E-state index in [1.807, 2.05) is 61.5 Å². The molecular weight excluding hydrogens is 538 g/mol. The van der Waals surface area contributed by atoms with Crippen LogP contribution in [0.4, 0.5) is 5.13 Å². The number of carbonyl (C=O) groups is 2. The number of fused-ring (bicyclic) bond motifs is 2. The minimum Gasteiger partial charge on any atom is -0.497 e. The van der Waals surface area contributed by atoms with Crippen LogP contribution in [0.2, 0.25) is 0 Å². The summed E-state index contributed by atoms with van der Waals surface area (Å²) in [5.74, 6) is 0.232. The Morgan fingerprint density at radius 1 is 1.07 bits per heavy atom. The number of nitrogens with zero attached hydrogens (tertiary/aromatic N) is 1. The number of hydrogen-bond acceptors (Lipinski definition) is 7. The van der Waals surface area contributed by atoms with Crippen LogP contribution in [0.5, 0.6) is 5.75 Å². The van der Waals surface area contributed by atoms with Gasteiger partial charge in [0.2, 0.25) is 11.8 Å². The standard InChI is InChI=1S/C32H39N3O5S/c1-31-14-13-26(37)32(2,19-36)25(31)17-24-29(23(31)16-27(38)33-18-21-7-5-4-6-8-21)35-30(41-24)34-28(39)15-20-9-11-22(40-3)12-10-20/h4-12,23,25-26,36-37H,13-19H2,1-3H3,(H,33,38)(H,34,35,39). The van der Waals surface area contributed by atoms with Crippen molar-refractivity contribution in [2.24, 2.45) is 16.7 Å². The monoisotopic (exact) mass is 577 g/mol. The number of rotatable bonds is 9. The van der Waals surface area contributed by atoms with E-state index in [9.17, 15) is 19.8 Å². The molecular formula is C32H39N3O5S. The average Bonchev–Trinajstić information content (AvgIpc) is 3.38. The first kappa shape index (κ1) is 29.2. The second-order valence-electron chi connectivity index (χ2n) is 11.9. The molecule has 3 aromatic rings. The minimum atomic E-state index is -0.703. The molecule has 2 amide bonds. The number of hydrogen-bond donors (Lipinski definition) is 4. The maximum Gasteiger partial charge on any atom is 0.230 e. The normalized spacial score (nSPS) is 26.9. The van der Waals surface area contributed by atoms with Gasteiger partial charge in [-0.1, -0.05) is 56.3 Å². The molecule has 8 nitrogen and oxygen atoms in total. The summed E-state index contributed by atoms with van der Waals surface area (Å²) in [6.45, 7) is 4.43. The van der Waals surface area contributed by atoms with Crippen LogP contribution in [0, 0.1) is 16.7 Å². The molecule has 0 bridgehead atoms. The van der Waals surface area contributed by atoms with E-state index in [1.54, 1.807) is 7.11 Å². The van der Waals surface area contributed by atoms with Crippen molar-refractivity contribution < 1.29 is 24.5 Å². The van der Waals surface area contributed by atoms with E-state index >= 15 is 0 Å². The minimum absolute atomic E-state index is 0.0496. The van der Waals surface area contributed by atoms with Crippen molar-refractivity contribution in [1.82, 2.24) is 10.3 Å². The zero-order valence-corrected chi connectivity index (χ0v) is 24.7. The summed E-state index contributed by atoms with van der Waals surface area (Å²) in [5, 5.41) is 28.0. The van der Waals surface area contributed by atoms with Crippen molar-refractivity contribution in [3.05, 3.63) is 76.3 Å². The third-order valence-electron chi connectivity index (χ3n) is 9.39. The fourth-order valence-corrected chi connectivity index (χ4v) is 7.93.